The molecule has 3 aromatic carbocycles. The first-order valence-corrected chi connectivity index (χ1v) is 12.8. The summed E-state index contributed by atoms with van der Waals surface area (Å²) < 4.78 is 12.5. The number of nitrogens with one attached hydrogen (secondary N) is 1. The number of carbonyl (C=O) groups excluding carboxylic acids is 2. The normalized spacial score (nSPS) is 12.2. The van der Waals surface area contributed by atoms with Crippen LogP contribution in [0.3, 0.4) is 0 Å². The average molecular weight is 530 g/mol. The molecule has 0 radical (unpaired) electrons. The van der Waals surface area contributed by atoms with Crippen molar-refractivity contribution in [1.82, 2.24) is 25.2 Å². The van der Waals surface area contributed by atoms with Gasteiger partial charge in [0.2, 0.25) is 11.8 Å². The first-order chi connectivity index (χ1) is 18.6. The van der Waals surface area contributed by atoms with Crippen LogP contribution in [-0.4, -0.2) is 51.5 Å². The molecule has 9 heteroatoms. The zero-order valence-electron chi connectivity index (χ0n) is 23.3. The molecule has 0 saturated heterocycles. The monoisotopic (exact) mass is 529 g/mol. The Kier molecular flexibility index (Phi) is 8.18. The van der Waals surface area contributed by atoms with Gasteiger partial charge in [-0.25, -0.2) is 4.68 Å². The molecule has 204 valence electrons. The van der Waals surface area contributed by atoms with Gasteiger partial charge < -0.3 is 19.7 Å². The van der Waals surface area contributed by atoms with Gasteiger partial charge in [0.05, 0.1) is 19.7 Å². The molecule has 9 nitrogen and oxygen atoms in total. The van der Waals surface area contributed by atoms with E-state index in [1.54, 1.807) is 34.9 Å². The maximum Gasteiger partial charge on any atom is 0.247 e. The molecular weight excluding hydrogens is 494 g/mol. The lowest BCUT2D eigenvalue weighted by molar-refractivity contribution is -0.142. The summed E-state index contributed by atoms with van der Waals surface area (Å²) in [7, 11) is 3.09. The van der Waals surface area contributed by atoms with Crippen molar-refractivity contribution in [3.63, 3.8) is 0 Å². The number of methoxy groups -OCH3 is 2. The lowest BCUT2D eigenvalue weighted by Crippen LogP contribution is -2.49. The van der Waals surface area contributed by atoms with Crippen molar-refractivity contribution < 1.29 is 19.1 Å². The number of benzene rings is 3. The summed E-state index contributed by atoms with van der Waals surface area (Å²) in [5, 5.41) is 11.5. The highest BCUT2D eigenvalue weighted by Gasteiger charge is 2.34. The Labute approximate surface area is 228 Å². The third kappa shape index (κ3) is 6.54. The zero-order valence-corrected chi connectivity index (χ0v) is 23.3. The van der Waals surface area contributed by atoms with Crippen LogP contribution in [0.25, 0.3) is 11.0 Å². The molecule has 0 aliphatic rings. The van der Waals surface area contributed by atoms with E-state index in [1.165, 1.54) is 7.11 Å². The summed E-state index contributed by atoms with van der Waals surface area (Å²) >= 11 is 0. The molecule has 1 aromatic heterocycles. The van der Waals surface area contributed by atoms with E-state index in [0.29, 0.717) is 22.6 Å². The average Bonchev–Trinajstić information content (AvgIpc) is 3.31. The SMILES string of the molecule is COc1ccc([C@@H](C(=O)NC(C)(C)C)N(Cc2ccc(C)cc2)C(=O)Cn2nnc3ccccc32)cc1OC. The maximum atomic E-state index is 14.1. The van der Waals surface area contributed by atoms with Crippen LogP contribution in [0.2, 0.25) is 0 Å². The van der Waals surface area contributed by atoms with Gasteiger partial charge in [0, 0.05) is 12.1 Å². The van der Waals surface area contributed by atoms with Crippen LogP contribution in [0.5, 0.6) is 11.5 Å². The van der Waals surface area contributed by atoms with Crippen LogP contribution >= 0.6 is 0 Å². The van der Waals surface area contributed by atoms with Crippen molar-refractivity contribution in [2.45, 2.75) is 52.4 Å². The molecule has 0 saturated carbocycles. The summed E-state index contributed by atoms with van der Waals surface area (Å²) in [6.07, 6.45) is 0. The van der Waals surface area contributed by atoms with Gasteiger partial charge in [-0.2, -0.15) is 0 Å². The smallest absolute Gasteiger partial charge is 0.247 e. The highest BCUT2D eigenvalue weighted by Crippen LogP contribution is 2.33. The Morgan fingerprint density at radius 3 is 2.33 bits per heavy atom. The molecule has 0 spiro atoms. The van der Waals surface area contributed by atoms with Gasteiger partial charge in [0.25, 0.3) is 0 Å². The number of nitrogens with zero attached hydrogens (tertiary/aromatic N) is 4. The summed E-state index contributed by atoms with van der Waals surface area (Å²) in [6.45, 7) is 7.85. The molecule has 1 heterocycles. The van der Waals surface area contributed by atoms with Crippen molar-refractivity contribution in [2.75, 3.05) is 14.2 Å². The van der Waals surface area contributed by atoms with Gasteiger partial charge in [-0.05, 0) is 63.1 Å². The maximum absolute atomic E-state index is 14.1. The number of amides is 2. The molecule has 4 aromatic rings. The Morgan fingerprint density at radius 2 is 1.67 bits per heavy atom. The molecule has 4 rings (SSSR count). The number of fused-ring (bicyclic) bond motifs is 1. The highest BCUT2D eigenvalue weighted by atomic mass is 16.5. The quantitative estimate of drug-likeness (QED) is 0.344. The zero-order chi connectivity index (χ0) is 28.2. The van der Waals surface area contributed by atoms with Crippen molar-refractivity contribution in [3.05, 3.63) is 83.4 Å². The van der Waals surface area contributed by atoms with Crippen LogP contribution < -0.4 is 14.8 Å². The minimum atomic E-state index is -0.951. The minimum Gasteiger partial charge on any atom is -0.493 e. The van der Waals surface area contributed by atoms with E-state index < -0.39 is 11.6 Å². The number of hydrogen-bond donors (Lipinski definition) is 1. The number of rotatable bonds is 9. The Morgan fingerprint density at radius 1 is 0.974 bits per heavy atom. The molecule has 0 aliphatic carbocycles. The van der Waals surface area contributed by atoms with E-state index in [1.807, 2.05) is 76.2 Å². The van der Waals surface area contributed by atoms with E-state index >= 15 is 0 Å². The van der Waals surface area contributed by atoms with Crippen LogP contribution in [0.15, 0.2) is 66.7 Å². The Balaban J connectivity index is 1.81. The van der Waals surface area contributed by atoms with E-state index in [4.69, 9.17) is 9.47 Å². The summed E-state index contributed by atoms with van der Waals surface area (Å²) in [5.41, 5.74) is 3.50. The third-order valence-electron chi connectivity index (χ3n) is 6.28. The predicted octanol–water partition coefficient (Wildman–Crippen LogP) is 4.44. The molecule has 39 heavy (non-hydrogen) atoms. The Bertz CT molecular complexity index is 1460. The molecule has 1 N–H and O–H groups in total. The number of carbonyl (C=O) groups is 2. The predicted molar refractivity (Wildman–Crippen MR) is 149 cm³/mol. The van der Waals surface area contributed by atoms with Gasteiger partial charge >= 0.3 is 0 Å². The van der Waals surface area contributed by atoms with Crippen LogP contribution in [-0.2, 0) is 22.7 Å². The van der Waals surface area contributed by atoms with E-state index in [0.717, 1.165) is 16.6 Å². The van der Waals surface area contributed by atoms with Crippen LogP contribution in [0.1, 0.15) is 43.5 Å². The van der Waals surface area contributed by atoms with Gasteiger partial charge in [-0.3, -0.25) is 9.59 Å². The lowest BCUT2D eigenvalue weighted by atomic mass is 10.00. The van der Waals surface area contributed by atoms with E-state index in [2.05, 4.69) is 15.6 Å². The molecule has 0 unspecified atom stereocenters. The fourth-order valence-electron chi connectivity index (χ4n) is 4.40. The first-order valence-electron chi connectivity index (χ1n) is 12.8. The topological polar surface area (TPSA) is 98.6 Å². The van der Waals surface area contributed by atoms with Crippen LogP contribution in [0, 0.1) is 6.92 Å². The van der Waals surface area contributed by atoms with Crippen LogP contribution in [0.4, 0.5) is 0 Å². The molecular formula is C30H35N5O4. The second-order valence-corrected chi connectivity index (χ2v) is 10.5. The third-order valence-corrected chi connectivity index (χ3v) is 6.28. The fraction of sp³-hybridized carbons (Fsp3) is 0.333. The van der Waals surface area contributed by atoms with Gasteiger partial charge in [0.15, 0.2) is 11.5 Å². The number of aryl methyl sites for hydroxylation is 1. The molecule has 0 bridgehead atoms. The number of hydrogen-bond acceptors (Lipinski definition) is 6. The second kappa shape index (κ2) is 11.6. The molecule has 1 atom stereocenters. The standard InChI is InChI=1S/C30H35N5O4/c1-20-11-13-21(14-12-20)18-34(27(36)19-35-24-10-8-7-9-23(24)32-33-35)28(29(37)31-30(2,3)4)22-15-16-25(38-5)26(17-22)39-6/h7-17,28H,18-19H2,1-6H3,(H,31,37)/t28-/m0/s1. The van der Waals surface area contributed by atoms with E-state index in [9.17, 15) is 9.59 Å². The van der Waals surface area contributed by atoms with Crippen molar-refractivity contribution >= 4 is 22.8 Å². The number of ether oxygens (including phenoxy) is 2. The number of para-hydroxylation sites is 1. The molecule has 2 amide bonds. The summed E-state index contributed by atoms with van der Waals surface area (Å²) in [4.78, 5) is 29.6. The van der Waals surface area contributed by atoms with E-state index in [-0.39, 0.29) is 24.9 Å². The Hall–Kier alpha value is -4.40. The summed E-state index contributed by atoms with van der Waals surface area (Å²) in [6, 6.07) is 19.7. The number of aromatic nitrogens is 3. The minimum absolute atomic E-state index is 0.0844. The summed E-state index contributed by atoms with van der Waals surface area (Å²) in [5.74, 6) is 0.406. The largest absolute Gasteiger partial charge is 0.493 e. The fourth-order valence-corrected chi connectivity index (χ4v) is 4.40. The second-order valence-electron chi connectivity index (χ2n) is 10.5. The highest BCUT2D eigenvalue weighted by molar-refractivity contribution is 5.89. The van der Waals surface area contributed by atoms with Crippen molar-refractivity contribution in [2.24, 2.45) is 0 Å². The molecule has 0 fully saturated rings. The van der Waals surface area contributed by atoms with Gasteiger partial charge in [0.1, 0.15) is 18.1 Å². The first kappa shape index (κ1) is 27.6. The van der Waals surface area contributed by atoms with Crippen molar-refractivity contribution in [3.8, 4) is 11.5 Å². The van der Waals surface area contributed by atoms with Gasteiger partial charge in [-0.1, -0.05) is 53.2 Å². The molecule has 0 aliphatic heterocycles. The van der Waals surface area contributed by atoms with Gasteiger partial charge in [-0.15, -0.1) is 5.10 Å². The van der Waals surface area contributed by atoms with Crippen molar-refractivity contribution in [1.29, 1.82) is 0 Å². The lowest BCUT2D eigenvalue weighted by Gasteiger charge is -2.34.